The fraction of sp³-hybridized carbons (Fsp3) is 0.625. The molecule has 1 aromatic carbocycles. The fourth-order valence-corrected chi connectivity index (χ4v) is 8.23. The Morgan fingerprint density at radius 3 is 2.54 bits per heavy atom. The van der Waals surface area contributed by atoms with Crippen LogP contribution in [0.3, 0.4) is 0 Å². The van der Waals surface area contributed by atoms with Gasteiger partial charge in [-0.1, -0.05) is 0 Å². The molecule has 2 aliphatic heterocycles. The highest BCUT2D eigenvalue weighted by molar-refractivity contribution is 7.93. The molecule has 0 amide bonds. The number of nitrogens with zero attached hydrogens (tertiary/aromatic N) is 1. The molecule has 2 aliphatic rings. The number of anilines is 1. The third kappa shape index (κ3) is 4.61. The van der Waals surface area contributed by atoms with Gasteiger partial charge >= 0.3 is 0 Å². The number of benzene rings is 1. The lowest BCUT2D eigenvalue weighted by molar-refractivity contribution is 0.331. The van der Waals surface area contributed by atoms with Gasteiger partial charge < -0.3 is 4.74 Å². The third-order valence-corrected chi connectivity index (χ3v) is 9.89. The molecule has 2 heterocycles. The Morgan fingerprint density at radius 1 is 1.18 bits per heavy atom. The third-order valence-electron chi connectivity index (χ3n) is 4.71. The van der Waals surface area contributed by atoms with Crippen molar-refractivity contribution in [2.75, 3.05) is 34.7 Å². The van der Waals surface area contributed by atoms with E-state index in [4.69, 9.17) is 4.74 Å². The van der Waals surface area contributed by atoms with Gasteiger partial charge in [-0.2, -0.15) is 0 Å². The summed E-state index contributed by atoms with van der Waals surface area (Å²) in [5.74, 6) is -0.212. The van der Waals surface area contributed by atoms with E-state index >= 15 is 0 Å². The van der Waals surface area contributed by atoms with Crippen LogP contribution in [-0.2, 0) is 29.9 Å². The normalized spacial score (nSPS) is 24.2. The molecule has 0 aromatic heterocycles. The standard InChI is InChI=1S/C16H24N2O7S3/c1-2-25-15-6-5-14(18-8-3-4-9-27(18,21)22)11-16(15)28(23,24)17-13-7-10-26(19,20)12-13/h5-6,11,13,17H,2-4,7-10,12H2,1H3. The van der Waals surface area contributed by atoms with Gasteiger partial charge in [0.25, 0.3) is 0 Å². The lowest BCUT2D eigenvalue weighted by Crippen LogP contribution is -2.38. The van der Waals surface area contributed by atoms with Crippen molar-refractivity contribution in [3.8, 4) is 5.75 Å². The predicted molar refractivity (Wildman–Crippen MR) is 105 cm³/mol. The Balaban J connectivity index is 1.97. The van der Waals surface area contributed by atoms with Crippen molar-refractivity contribution < 1.29 is 30.0 Å². The quantitative estimate of drug-likeness (QED) is 0.665. The molecule has 0 spiro atoms. The van der Waals surface area contributed by atoms with E-state index in [2.05, 4.69) is 4.72 Å². The molecule has 1 N–H and O–H groups in total. The highest BCUT2D eigenvalue weighted by Crippen LogP contribution is 2.32. The Bertz CT molecular complexity index is 1050. The van der Waals surface area contributed by atoms with Gasteiger partial charge in [-0.3, -0.25) is 4.31 Å². The van der Waals surface area contributed by atoms with Crippen LogP contribution in [0.15, 0.2) is 23.1 Å². The van der Waals surface area contributed by atoms with Crippen LogP contribution >= 0.6 is 0 Å². The molecule has 158 valence electrons. The minimum absolute atomic E-state index is 0.0144. The zero-order valence-corrected chi connectivity index (χ0v) is 17.9. The summed E-state index contributed by atoms with van der Waals surface area (Å²) in [6.45, 7) is 2.21. The Hall–Kier alpha value is -1.37. The van der Waals surface area contributed by atoms with Crippen LogP contribution in [0, 0.1) is 0 Å². The highest BCUT2D eigenvalue weighted by atomic mass is 32.2. The Morgan fingerprint density at radius 2 is 1.93 bits per heavy atom. The first-order chi connectivity index (χ1) is 13.0. The van der Waals surface area contributed by atoms with Crippen molar-refractivity contribution >= 4 is 35.6 Å². The molecule has 1 unspecified atom stereocenters. The summed E-state index contributed by atoms with van der Waals surface area (Å²) in [4.78, 5) is -0.197. The van der Waals surface area contributed by atoms with E-state index in [1.54, 1.807) is 6.92 Å². The maximum atomic E-state index is 12.9. The summed E-state index contributed by atoms with van der Waals surface area (Å²) in [6, 6.07) is 3.52. The summed E-state index contributed by atoms with van der Waals surface area (Å²) in [5.41, 5.74) is 0.252. The first-order valence-electron chi connectivity index (χ1n) is 9.04. The maximum Gasteiger partial charge on any atom is 0.244 e. The number of hydrogen-bond acceptors (Lipinski definition) is 7. The van der Waals surface area contributed by atoms with Crippen LogP contribution < -0.4 is 13.8 Å². The average molecular weight is 453 g/mol. The molecular formula is C16H24N2O7S3. The van der Waals surface area contributed by atoms with Crippen molar-refractivity contribution in [2.45, 2.75) is 37.1 Å². The Labute approximate surface area is 166 Å². The monoisotopic (exact) mass is 452 g/mol. The largest absolute Gasteiger partial charge is 0.492 e. The van der Waals surface area contributed by atoms with Crippen LogP contribution in [-0.4, -0.2) is 61.7 Å². The van der Waals surface area contributed by atoms with Crippen LogP contribution in [0.4, 0.5) is 5.69 Å². The van der Waals surface area contributed by atoms with Crippen molar-refractivity contribution in [3.05, 3.63) is 18.2 Å². The molecule has 0 bridgehead atoms. The second-order valence-corrected chi connectivity index (χ2v) is 12.8. The molecule has 0 aliphatic carbocycles. The minimum atomic E-state index is -4.11. The lowest BCUT2D eigenvalue weighted by atomic mass is 10.2. The van der Waals surface area contributed by atoms with Gasteiger partial charge in [0.2, 0.25) is 20.0 Å². The van der Waals surface area contributed by atoms with Gasteiger partial charge in [0.05, 0.1) is 29.6 Å². The molecule has 9 nitrogen and oxygen atoms in total. The summed E-state index contributed by atoms with van der Waals surface area (Å²) in [7, 11) is -10.9. The first-order valence-corrected chi connectivity index (χ1v) is 14.0. The van der Waals surface area contributed by atoms with Gasteiger partial charge in [-0.15, -0.1) is 0 Å². The zero-order chi connectivity index (χ0) is 20.6. The second kappa shape index (κ2) is 7.81. The molecule has 12 heteroatoms. The van der Waals surface area contributed by atoms with Gasteiger partial charge in [-0.05, 0) is 44.4 Å². The fourth-order valence-electron chi connectivity index (χ4n) is 3.39. The van der Waals surface area contributed by atoms with Gasteiger partial charge in [0.15, 0.2) is 9.84 Å². The molecule has 1 atom stereocenters. The SMILES string of the molecule is CCOc1ccc(N2CCCCS2(=O)=O)cc1S(=O)(=O)NC1CCS(=O)(=O)C1. The Kier molecular flexibility index (Phi) is 5.95. The number of ether oxygens (including phenoxy) is 1. The van der Waals surface area contributed by atoms with Gasteiger partial charge in [-0.25, -0.2) is 30.0 Å². The molecule has 0 saturated carbocycles. The molecule has 2 saturated heterocycles. The summed E-state index contributed by atoms with van der Waals surface area (Å²) in [5, 5.41) is 0. The molecular weight excluding hydrogens is 428 g/mol. The van der Waals surface area contributed by atoms with E-state index < -0.39 is 35.9 Å². The van der Waals surface area contributed by atoms with Crippen molar-refractivity contribution in [1.29, 1.82) is 0 Å². The molecule has 3 rings (SSSR count). The molecule has 1 aromatic rings. The van der Waals surface area contributed by atoms with Crippen molar-refractivity contribution in [1.82, 2.24) is 4.72 Å². The zero-order valence-electron chi connectivity index (χ0n) is 15.5. The van der Waals surface area contributed by atoms with E-state index in [1.165, 1.54) is 22.5 Å². The first kappa shape index (κ1) is 21.3. The number of hydrogen-bond donors (Lipinski definition) is 1. The lowest BCUT2D eigenvalue weighted by Gasteiger charge is -2.29. The maximum absolute atomic E-state index is 12.9. The number of sulfonamides is 2. The molecule has 2 fully saturated rings. The minimum Gasteiger partial charge on any atom is -0.492 e. The predicted octanol–water partition coefficient (Wildman–Crippen LogP) is 0.481. The van der Waals surface area contributed by atoms with E-state index in [1.807, 2.05) is 0 Å². The van der Waals surface area contributed by atoms with Crippen LogP contribution in [0.5, 0.6) is 5.75 Å². The highest BCUT2D eigenvalue weighted by Gasteiger charge is 2.33. The van der Waals surface area contributed by atoms with Crippen LogP contribution in [0.1, 0.15) is 26.2 Å². The summed E-state index contributed by atoms with van der Waals surface area (Å²) < 4.78 is 82.9. The average Bonchev–Trinajstić information content (AvgIpc) is 2.93. The van der Waals surface area contributed by atoms with E-state index in [9.17, 15) is 25.3 Å². The topological polar surface area (TPSA) is 127 Å². The van der Waals surface area contributed by atoms with Crippen LogP contribution in [0.25, 0.3) is 0 Å². The van der Waals surface area contributed by atoms with Gasteiger partial charge in [0.1, 0.15) is 10.6 Å². The second-order valence-electron chi connectivity index (χ2n) is 6.88. The number of nitrogens with one attached hydrogen (secondary N) is 1. The van der Waals surface area contributed by atoms with Crippen molar-refractivity contribution in [3.63, 3.8) is 0 Å². The number of sulfone groups is 1. The summed E-state index contributed by atoms with van der Waals surface area (Å²) >= 11 is 0. The van der Waals surface area contributed by atoms with E-state index in [0.29, 0.717) is 12.8 Å². The molecule has 28 heavy (non-hydrogen) atoms. The van der Waals surface area contributed by atoms with E-state index in [0.717, 1.165) is 0 Å². The molecule has 0 radical (unpaired) electrons. The smallest absolute Gasteiger partial charge is 0.244 e. The van der Waals surface area contributed by atoms with Crippen molar-refractivity contribution in [2.24, 2.45) is 0 Å². The summed E-state index contributed by atoms with van der Waals surface area (Å²) in [6.07, 6.45) is 1.46. The number of rotatable bonds is 6. The van der Waals surface area contributed by atoms with E-state index in [-0.39, 0.29) is 53.2 Å². The van der Waals surface area contributed by atoms with Crippen LogP contribution in [0.2, 0.25) is 0 Å². The van der Waals surface area contributed by atoms with Gasteiger partial charge in [0, 0.05) is 12.6 Å².